The number of phenols is 1. The summed E-state index contributed by atoms with van der Waals surface area (Å²) in [5, 5.41) is 12.3. The molecule has 2 saturated heterocycles. The summed E-state index contributed by atoms with van der Waals surface area (Å²) in [6.45, 7) is 4.16. The van der Waals surface area contributed by atoms with Crippen LogP contribution >= 0.6 is 11.6 Å². The Labute approximate surface area is 301 Å². The molecule has 0 bridgehead atoms. The third kappa shape index (κ3) is 4.79. The van der Waals surface area contributed by atoms with Gasteiger partial charge in [-0.1, -0.05) is 90.8 Å². The van der Waals surface area contributed by atoms with Crippen LogP contribution in [0.4, 0.5) is 11.4 Å². The van der Waals surface area contributed by atoms with Crippen molar-refractivity contribution in [3.63, 3.8) is 0 Å². The van der Waals surface area contributed by atoms with Crippen LogP contribution in [-0.4, -0.2) is 35.3 Å². The van der Waals surface area contributed by atoms with Crippen molar-refractivity contribution in [1.29, 1.82) is 0 Å². The number of rotatable bonds is 7. The highest BCUT2D eigenvalue weighted by atomic mass is 35.5. The van der Waals surface area contributed by atoms with Crippen molar-refractivity contribution in [1.82, 2.24) is 0 Å². The van der Waals surface area contributed by atoms with Crippen molar-refractivity contribution in [3.05, 3.63) is 130 Å². The summed E-state index contributed by atoms with van der Waals surface area (Å²) in [7, 11) is 0. The maximum Gasteiger partial charge on any atom is 0.246 e. The second-order valence-electron chi connectivity index (χ2n) is 13.8. The fourth-order valence-corrected chi connectivity index (χ4v) is 9.45. The Kier molecular flexibility index (Phi) is 8.10. The lowest BCUT2D eigenvalue weighted by atomic mass is 9.49. The zero-order valence-electron chi connectivity index (χ0n) is 28.3. The van der Waals surface area contributed by atoms with Gasteiger partial charge in [-0.15, -0.1) is 0 Å². The molecule has 2 heterocycles. The van der Waals surface area contributed by atoms with E-state index < -0.39 is 46.8 Å². The van der Waals surface area contributed by atoms with Crippen molar-refractivity contribution >= 4 is 46.6 Å². The van der Waals surface area contributed by atoms with Gasteiger partial charge in [-0.25, -0.2) is 4.90 Å². The predicted octanol–water partition coefficient (Wildman–Crippen LogP) is 7.37. The monoisotopic (exact) mass is 700 g/mol. The number of phenolic OH excluding ortho intramolecular Hbond substituents is 1. The van der Waals surface area contributed by atoms with Crippen LogP contribution in [0.5, 0.6) is 11.5 Å². The molecule has 0 spiro atoms. The molecule has 9 heteroatoms. The number of aromatic hydroxyl groups is 1. The van der Waals surface area contributed by atoms with Crippen LogP contribution in [0, 0.1) is 23.7 Å². The van der Waals surface area contributed by atoms with Gasteiger partial charge < -0.3 is 9.84 Å². The molecule has 3 fully saturated rings. The van der Waals surface area contributed by atoms with Gasteiger partial charge in [0, 0.05) is 16.5 Å². The fraction of sp³-hybridized carbons (Fsp3) is 0.286. The zero-order valence-corrected chi connectivity index (χ0v) is 29.0. The first-order valence-electron chi connectivity index (χ1n) is 17.5. The molecule has 4 amide bonds. The Bertz CT molecular complexity index is 2110. The smallest absolute Gasteiger partial charge is 0.246 e. The molecule has 1 N–H and O–H groups in total. The molecule has 6 atom stereocenters. The third-order valence-corrected chi connectivity index (χ3v) is 11.6. The Morgan fingerprint density at radius 3 is 2.25 bits per heavy atom. The van der Waals surface area contributed by atoms with Gasteiger partial charge in [0.1, 0.15) is 0 Å². The van der Waals surface area contributed by atoms with Crippen LogP contribution in [0.2, 0.25) is 5.02 Å². The Balaban J connectivity index is 1.35. The molecule has 0 radical (unpaired) electrons. The lowest BCUT2D eigenvalue weighted by molar-refractivity contribution is -0.127. The molecule has 8 nitrogen and oxygen atoms in total. The van der Waals surface area contributed by atoms with E-state index >= 15 is 4.79 Å². The second-order valence-corrected chi connectivity index (χ2v) is 14.2. The number of nitrogens with zero attached hydrogens (tertiary/aromatic N) is 2. The first kappa shape index (κ1) is 33.0. The number of fused-ring (bicyclic) bond motifs is 4. The minimum atomic E-state index is -1.50. The Hall–Kier alpha value is -5.21. The number of para-hydroxylation sites is 1. The van der Waals surface area contributed by atoms with Gasteiger partial charge in [0.05, 0.1) is 41.2 Å². The van der Waals surface area contributed by atoms with Crippen LogP contribution in [0.1, 0.15) is 49.3 Å². The van der Waals surface area contributed by atoms with E-state index in [1.54, 1.807) is 42.5 Å². The summed E-state index contributed by atoms with van der Waals surface area (Å²) in [6, 6.07) is 28.6. The zero-order chi connectivity index (χ0) is 35.6. The number of ether oxygens (including phenoxy) is 1. The molecule has 2 aliphatic heterocycles. The van der Waals surface area contributed by atoms with Gasteiger partial charge in [-0.2, -0.15) is 0 Å². The molecule has 4 aromatic carbocycles. The maximum atomic E-state index is 15.4. The highest BCUT2D eigenvalue weighted by molar-refractivity contribution is 6.32. The van der Waals surface area contributed by atoms with Crippen LogP contribution in [0.25, 0.3) is 0 Å². The Morgan fingerprint density at radius 2 is 1.55 bits per heavy atom. The number of amides is 4. The first-order chi connectivity index (χ1) is 24.7. The van der Waals surface area contributed by atoms with Crippen LogP contribution < -0.4 is 14.5 Å². The van der Waals surface area contributed by atoms with E-state index in [9.17, 15) is 19.5 Å². The molecule has 0 aromatic heterocycles. The van der Waals surface area contributed by atoms with Crippen molar-refractivity contribution in [2.45, 2.75) is 44.4 Å². The highest BCUT2D eigenvalue weighted by Gasteiger charge is 2.70. The number of aryl methyl sites for hydroxylation is 1. The van der Waals surface area contributed by atoms with Crippen molar-refractivity contribution in [3.8, 4) is 11.5 Å². The topological polar surface area (TPSA) is 104 Å². The molecule has 0 unspecified atom stereocenters. The molecule has 1 saturated carbocycles. The lowest BCUT2D eigenvalue weighted by Crippen LogP contribution is -2.53. The summed E-state index contributed by atoms with van der Waals surface area (Å²) in [5.41, 5.74) is 2.26. The minimum Gasteiger partial charge on any atom is -0.504 e. The number of hydrogen-bond acceptors (Lipinski definition) is 6. The molecular formula is C42H37ClN2O6. The molecule has 2 aliphatic carbocycles. The van der Waals surface area contributed by atoms with Gasteiger partial charge >= 0.3 is 0 Å². The van der Waals surface area contributed by atoms with E-state index in [0.29, 0.717) is 34.1 Å². The van der Waals surface area contributed by atoms with E-state index in [4.69, 9.17) is 16.3 Å². The molecule has 8 rings (SSSR count). The average Bonchev–Trinajstić information content (AvgIpc) is 3.53. The van der Waals surface area contributed by atoms with Crippen molar-refractivity contribution < 1.29 is 29.0 Å². The second kappa shape index (κ2) is 12.5. The van der Waals surface area contributed by atoms with Gasteiger partial charge in [-0.05, 0) is 79.6 Å². The molecule has 258 valence electrons. The average molecular weight is 701 g/mol. The van der Waals surface area contributed by atoms with E-state index in [0.717, 1.165) is 17.6 Å². The van der Waals surface area contributed by atoms with E-state index in [2.05, 4.69) is 0 Å². The summed E-state index contributed by atoms with van der Waals surface area (Å²) in [5.74, 6) is -5.05. The van der Waals surface area contributed by atoms with Crippen LogP contribution in [-0.2, 0) is 31.0 Å². The quantitative estimate of drug-likeness (QED) is 0.160. The summed E-state index contributed by atoms with van der Waals surface area (Å²) < 4.78 is 5.83. The SMILES string of the molecule is CCOc1cccc([C@H]2C3=CC[C@@H]4C(=O)N(c5ccc(CC)cc5)C(=O)[C@@H]4[C@@H]3C[C@H]3C(=O)N(c4cccc(Cl)c4)C(=O)[C@@]23c2ccccc2)c1O. The molecule has 51 heavy (non-hydrogen) atoms. The largest absolute Gasteiger partial charge is 0.504 e. The number of benzene rings is 4. The van der Waals surface area contributed by atoms with E-state index in [1.165, 1.54) is 9.80 Å². The third-order valence-electron chi connectivity index (χ3n) is 11.4. The van der Waals surface area contributed by atoms with E-state index in [1.807, 2.05) is 74.5 Å². The van der Waals surface area contributed by atoms with Gasteiger partial charge in [0.15, 0.2) is 11.5 Å². The first-order valence-corrected chi connectivity index (χ1v) is 17.9. The molecular weight excluding hydrogens is 664 g/mol. The number of carbonyl (C=O) groups excluding carboxylic acids is 4. The van der Waals surface area contributed by atoms with Crippen molar-refractivity contribution in [2.75, 3.05) is 16.4 Å². The summed E-state index contributed by atoms with van der Waals surface area (Å²) in [4.78, 5) is 61.5. The number of anilines is 2. The van der Waals surface area contributed by atoms with Crippen molar-refractivity contribution in [2.24, 2.45) is 23.7 Å². The number of imide groups is 2. The van der Waals surface area contributed by atoms with Gasteiger partial charge in [0.2, 0.25) is 23.6 Å². The molecule has 4 aromatic rings. The number of hydrogen-bond donors (Lipinski definition) is 1. The Morgan fingerprint density at radius 1 is 0.804 bits per heavy atom. The van der Waals surface area contributed by atoms with Crippen LogP contribution in [0.3, 0.4) is 0 Å². The molecule has 4 aliphatic rings. The number of allylic oxidation sites excluding steroid dienone is 2. The normalized spacial score (nSPS) is 26.9. The van der Waals surface area contributed by atoms with E-state index in [-0.39, 0.29) is 36.2 Å². The van der Waals surface area contributed by atoms with Gasteiger partial charge in [-0.3, -0.25) is 24.1 Å². The fourth-order valence-electron chi connectivity index (χ4n) is 9.27. The standard InChI is InChI=1S/C42H37ClN2O6/c1-3-24-16-18-27(19-17-24)44-38(47)30-21-20-29-32(35(30)40(44)49)23-33-39(48)45(28-13-8-12-26(43)22-28)41(50)42(33,25-10-6-5-7-11-25)36(29)31-14-9-15-34(37(31)46)51-4-2/h5-20,22,30,32-33,35-36,46H,3-4,21,23H2,1-2H3/t30-,32+,33-,35-,36+,42+/m0/s1. The predicted molar refractivity (Wildman–Crippen MR) is 194 cm³/mol. The van der Waals surface area contributed by atoms with Gasteiger partial charge in [0.25, 0.3) is 0 Å². The summed E-state index contributed by atoms with van der Waals surface area (Å²) in [6.07, 6.45) is 3.25. The lowest BCUT2D eigenvalue weighted by Gasteiger charge is -2.50. The minimum absolute atomic E-state index is 0.130. The van der Waals surface area contributed by atoms with Crippen LogP contribution in [0.15, 0.2) is 109 Å². The summed E-state index contributed by atoms with van der Waals surface area (Å²) >= 11 is 6.41. The highest BCUT2D eigenvalue weighted by Crippen LogP contribution is 2.65. The maximum absolute atomic E-state index is 15.4. The number of carbonyl (C=O) groups is 4. The number of halogens is 1.